The summed E-state index contributed by atoms with van der Waals surface area (Å²) in [6, 6.07) is 1.63. The van der Waals surface area contributed by atoms with Crippen molar-refractivity contribution in [3.8, 4) is 0 Å². The topological polar surface area (TPSA) is 102 Å². The van der Waals surface area contributed by atoms with Crippen molar-refractivity contribution in [1.82, 2.24) is 10.5 Å². The fourth-order valence-electron chi connectivity index (χ4n) is 1.63. The molecule has 92 valence electrons. The third-order valence-corrected chi connectivity index (χ3v) is 2.52. The second kappa shape index (κ2) is 4.96. The monoisotopic (exact) mass is 240 g/mol. The second-order valence-electron chi connectivity index (χ2n) is 3.73. The zero-order chi connectivity index (χ0) is 12.3. The van der Waals surface area contributed by atoms with E-state index in [0.29, 0.717) is 18.6 Å². The largest absolute Gasteiger partial charge is 0.479 e. The van der Waals surface area contributed by atoms with Gasteiger partial charge in [-0.2, -0.15) is 0 Å². The van der Waals surface area contributed by atoms with Crippen LogP contribution in [0.2, 0.25) is 0 Å². The molecule has 1 saturated heterocycles. The Balaban J connectivity index is 1.79. The van der Waals surface area contributed by atoms with Gasteiger partial charge in [-0.05, 0) is 12.8 Å². The number of rotatable bonds is 4. The van der Waals surface area contributed by atoms with Crippen LogP contribution in [-0.4, -0.2) is 34.3 Å². The molecule has 0 bridgehead atoms. The molecule has 1 aromatic rings. The van der Waals surface area contributed by atoms with Gasteiger partial charge < -0.3 is 19.7 Å². The number of carbonyl (C=O) groups is 2. The Morgan fingerprint density at radius 3 is 2.82 bits per heavy atom. The van der Waals surface area contributed by atoms with Crippen LogP contribution in [0.15, 0.2) is 16.8 Å². The summed E-state index contributed by atoms with van der Waals surface area (Å²) in [6.07, 6.45) is 0.679. The van der Waals surface area contributed by atoms with Crippen LogP contribution >= 0.6 is 0 Å². The van der Waals surface area contributed by atoms with E-state index in [1.807, 2.05) is 0 Å². The van der Waals surface area contributed by atoms with E-state index in [1.54, 1.807) is 6.07 Å². The number of hydrogen-bond donors (Lipinski definition) is 2. The van der Waals surface area contributed by atoms with Crippen LogP contribution in [0.25, 0.3) is 0 Å². The van der Waals surface area contributed by atoms with Gasteiger partial charge >= 0.3 is 5.97 Å². The Labute approximate surface area is 96.7 Å². The second-order valence-corrected chi connectivity index (χ2v) is 3.73. The number of carbonyl (C=O) groups excluding carboxylic acids is 1. The van der Waals surface area contributed by atoms with E-state index < -0.39 is 18.2 Å². The highest BCUT2D eigenvalue weighted by molar-refractivity contribution is 5.82. The fourth-order valence-corrected chi connectivity index (χ4v) is 1.63. The van der Waals surface area contributed by atoms with E-state index in [-0.39, 0.29) is 12.5 Å². The van der Waals surface area contributed by atoms with Gasteiger partial charge in [0.25, 0.3) is 0 Å². The molecule has 0 radical (unpaired) electrons. The quantitative estimate of drug-likeness (QED) is 0.763. The molecule has 2 rings (SSSR count). The summed E-state index contributed by atoms with van der Waals surface area (Å²) in [6.45, 7) is 0.219. The molecule has 7 nitrogen and oxygen atoms in total. The highest BCUT2D eigenvalue weighted by atomic mass is 16.5. The molecule has 2 N–H and O–H groups in total. The molecule has 2 heterocycles. The number of carboxylic acid groups (broad SMARTS) is 1. The molecule has 0 aromatic carbocycles. The number of ether oxygens (including phenoxy) is 1. The summed E-state index contributed by atoms with van der Waals surface area (Å²) in [5.41, 5.74) is 0. The number of nitrogens with one attached hydrogen (secondary N) is 1. The number of aliphatic carboxylic acids is 1. The van der Waals surface area contributed by atoms with Crippen molar-refractivity contribution in [2.45, 2.75) is 31.6 Å². The number of hydrogen-bond acceptors (Lipinski definition) is 5. The number of amides is 1. The molecule has 1 amide bonds. The standard InChI is InChI=1S/C10H12N2O5/c13-9(11-5-6-3-4-12-17-6)7-1-2-8(16-7)10(14)15/h3-4,7-8H,1-2,5H2,(H,11,13)(H,14,15). The van der Waals surface area contributed by atoms with E-state index >= 15 is 0 Å². The SMILES string of the molecule is O=C(O)C1CCC(C(=O)NCc2ccno2)O1. The minimum absolute atomic E-state index is 0.219. The van der Waals surface area contributed by atoms with Crippen LogP contribution in [0.1, 0.15) is 18.6 Å². The first-order valence-electron chi connectivity index (χ1n) is 5.22. The lowest BCUT2D eigenvalue weighted by Crippen LogP contribution is -2.35. The van der Waals surface area contributed by atoms with Gasteiger partial charge in [-0.3, -0.25) is 4.79 Å². The average molecular weight is 240 g/mol. The van der Waals surface area contributed by atoms with Gasteiger partial charge in [0.1, 0.15) is 6.10 Å². The molecular weight excluding hydrogens is 228 g/mol. The molecule has 1 fully saturated rings. The highest BCUT2D eigenvalue weighted by Crippen LogP contribution is 2.19. The van der Waals surface area contributed by atoms with Crippen molar-refractivity contribution in [1.29, 1.82) is 0 Å². The van der Waals surface area contributed by atoms with Gasteiger partial charge in [0.15, 0.2) is 11.9 Å². The maximum Gasteiger partial charge on any atom is 0.332 e. The number of nitrogens with zero attached hydrogens (tertiary/aromatic N) is 1. The Morgan fingerprint density at radius 1 is 1.47 bits per heavy atom. The third-order valence-electron chi connectivity index (χ3n) is 2.52. The van der Waals surface area contributed by atoms with Crippen LogP contribution in [0.5, 0.6) is 0 Å². The van der Waals surface area contributed by atoms with Gasteiger partial charge in [-0.25, -0.2) is 4.79 Å². The van der Waals surface area contributed by atoms with Gasteiger partial charge in [-0.1, -0.05) is 5.16 Å². The van der Waals surface area contributed by atoms with Gasteiger partial charge in [0.2, 0.25) is 5.91 Å². The maximum atomic E-state index is 11.6. The van der Waals surface area contributed by atoms with Gasteiger partial charge in [-0.15, -0.1) is 0 Å². The smallest absolute Gasteiger partial charge is 0.332 e. The Bertz CT molecular complexity index is 403. The van der Waals surface area contributed by atoms with Crippen molar-refractivity contribution >= 4 is 11.9 Å². The molecule has 0 spiro atoms. The minimum atomic E-state index is -1.03. The van der Waals surface area contributed by atoms with Gasteiger partial charge in [0, 0.05) is 6.07 Å². The normalized spacial score (nSPS) is 23.5. The van der Waals surface area contributed by atoms with E-state index in [2.05, 4.69) is 10.5 Å². The fraction of sp³-hybridized carbons (Fsp3) is 0.500. The summed E-state index contributed by atoms with van der Waals surface area (Å²) in [5, 5.41) is 14.8. The van der Waals surface area contributed by atoms with Crippen LogP contribution in [0.4, 0.5) is 0 Å². The summed E-state index contributed by atoms with van der Waals surface area (Å²) >= 11 is 0. The summed E-state index contributed by atoms with van der Waals surface area (Å²) in [5.74, 6) is -0.827. The molecular formula is C10H12N2O5. The zero-order valence-electron chi connectivity index (χ0n) is 8.96. The third kappa shape index (κ3) is 2.82. The Kier molecular flexibility index (Phi) is 3.38. The van der Waals surface area contributed by atoms with Crippen molar-refractivity contribution in [2.75, 3.05) is 0 Å². The van der Waals surface area contributed by atoms with Crippen LogP contribution in [0.3, 0.4) is 0 Å². The van der Waals surface area contributed by atoms with Crippen molar-refractivity contribution in [2.24, 2.45) is 0 Å². The first kappa shape index (κ1) is 11.6. The first-order chi connectivity index (χ1) is 8.16. The molecule has 0 saturated carbocycles. The molecule has 1 aliphatic heterocycles. The minimum Gasteiger partial charge on any atom is -0.479 e. The van der Waals surface area contributed by atoms with Crippen molar-refractivity contribution in [3.05, 3.63) is 18.0 Å². The van der Waals surface area contributed by atoms with Crippen LogP contribution in [-0.2, 0) is 20.9 Å². The van der Waals surface area contributed by atoms with Crippen molar-refractivity contribution in [3.63, 3.8) is 0 Å². The molecule has 1 aromatic heterocycles. The van der Waals surface area contributed by atoms with Gasteiger partial charge in [0.05, 0.1) is 12.7 Å². The van der Waals surface area contributed by atoms with E-state index in [4.69, 9.17) is 14.4 Å². The lowest BCUT2D eigenvalue weighted by molar-refractivity contribution is -0.151. The molecule has 0 aliphatic carbocycles. The molecule has 2 atom stereocenters. The lowest BCUT2D eigenvalue weighted by Gasteiger charge is -2.10. The Hall–Kier alpha value is -1.89. The lowest BCUT2D eigenvalue weighted by atomic mass is 10.2. The maximum absolute atomic E-state index is 11.6. The predicted molar refractivity (Wildman–Crippen MR) is 53.9 cm³/mol. The number of carboxylic acids is 1. The summed E-state index contributed by atoms with van der Waals surface area (Å²) in [7, 11) is 0. The Morgan fingerprint density at radius 2 is 2.24 bits per heavy atom. The molecule has 17 heavy (non-hydrogen) atoms. The van der Waals surface area contributed by atoms with E-state index in [0.717, 1.165) is 0 Å². The summed E-state index contributed by atoms with van der Waals surface area (Å²) in [4.78, 5) is 22.3. The molecule has 2 unspecified atom stereocenters. The summed E-state index contributed by atoms with van der Waals surface area (Å²) < 4.78 is 9.90. The number of aromatic nitrogens is 1. The molecule has 1 aliphatic rings. The average Bonchev–Trinajstić information content (AvgIpc) is 2.96. The van der Waals surface area contributed by atoms with E-state index in [9.17, 15) is 9.59 Å². The first-order valence-corrected chi connectivity index (χ1v) is 5.22. The van der Waals surface area contributed by atoms with Crippen LogP contribution < -0.4 is 5.32 Å². The predicted octanol–water partition coefficient (Wildman–Crippen LogP) is -0.0770. The van der Waals surface area contributed by atoms with Crippen molar-refractivity contribution < 1.29 is 24.0 Å². The zero-order valence-corrected chi connectivity index (χ0v) is 8.96. The molecule has 7 heteroatoms. The highest BCUT2D eigenvalue weighted by Gasteiger charge is 2.34. The van der Waals surface area contributed by atoms with E-state index in [1.165, 1.54) is 6.20 Å². The van der Waals surface area contributed by atoms with Crippen LogP contribution in [0, 0.1) is 0 Å².